The summed E-state index contributed by atoms with van der Waals surface area (Å²) in [7, 11) is 1.69. The predicted octanol–water partition coefficient (Wildman–Crippen LogP) is 3.26. The fourth-order valence-electron chi connectivity index (χ4n) is 3.48. The molecule has 0 atom stereocenters. The van der Waals surface area contributed by atoms with Crippen LogP contribution in [-0.2, 0) is 0 Å². The predicted molar refractivity (Wildman–Crippen MR) is 96.8 cm³/mol. The lowest BCUT2D eigenvalue weighted by molar-refractivity contribution is 0.415. The Morgan fingerprint density at radius 3 is 2.80 bits per heavy atom. The van der Waals surface area contributed by atoms with Crippen LogP contribution in [0.2, 0.25) is 0 Å². The highest BCUT2D eigenvalue weighted by molar-refractivity contribution is 5.67. The van der Waals surface area contributed by atoms with Crippen molar-refractivity contribution in [3.63, 3.8) is 0 Å². The van der Waals surface area contributed by atoms with E-state index in [0.29, 0.717) is 5.92 Å². The first-order chi connectivity index (χ1) is 12.3. The molecule has 0 radical (unpaired) electrons. The van der Waals surface area contributed by atoms with E-state index in [-0.39, 0.29) is 0 Å². The van der Waals surface area contributed by atoms with Crippen molar-refractivity contribution in [3.8, 4) is 16.9 Å². The Hall–Kier alpha value is -2.89. The van der Waals surface area contributed by atoms with Crippen molar-refractivity contribution in [2.75, 3.05) is 25.1 Å². The van der Waals surface area contributed by atoms with Gasteiger partial charge in [0.15, 0.2) is 0 Å². The summed E-state index contributed by atoms with van der Waals surface area (Å²) in [6.45, 7) is 1.94. The smallest absolute Gasteiger partial charge is 0.147 e. The molecular weight excluding hydrogens is 314 g/mol. The maximum Gasteiger partial charge on any atom is 0.147 e. The van der Waals surface area contributed by atoms with E-state index in [9.17, 15) is 0 Å². The van der Waals surface area contributed by atoms with Crippen LogP contribution in [-0.4, -0.2) is 40.4 Å². The van der Waals surface area contributed by atoms with Crippen LogP contribution >= 0.6 is 0 Å². The summed E-state index contributed by atoms with van der Waals surface area (Å²) in [5, 5.41) is 7.53. The topological polar surface area (TPSA) is 66.9 Å². The summed E-state index contributed by atoms with van der Waals surface area (Å²) >= 11 is 0. The zero-order chi connectivity index (χ0) is 17.1. The monoisotopic (exact) mass is 335 g/mol. The normalized spacial score (nSPS) is 15.3. The van der Waals surface area contributed by atoms with Gasteiger partial charge in [-0.05, 0) is 30.5 Å². The van der Waals surface area contributed by atoms with E-state index in [1.165, 1.54) is 5.69 Å². The summed E-state index contributed by atoms with van der Waals surface area (Å²) in [5.74, 6) is 2.29. The third kappa shape index (κ3) is 3.20. The molecule has 0 spiro atoms. The number of aromatic nitrogens is 4. The number of piperidine rings is 1. The molecule has 1 fully saturated rings. The Bertz CT molecular complexity index is 825. The molecule has 3 aromatic rings. The minimum absolute atomic E-state index is 0.469. The molecule has 6 heteroatoms. The summed E-state index contributed by atoms with van der Waals surface area (Å²) in [6.07, 6.45) is 9.33. The molecule has 1 aliphatic heterocycles. The van der Waals surface area contributed by atoms with Crippen LogP contribution < -0.4 is 9.64 Å². The van der Waals surface area contributed by atoms with Gasteiger partial charge in [-0.3, -0.25) is 10.1 Å². The summed E-state index contributed by atoms with van der Waals surface area (Å²) < 4.78 is 5.35. The Kier molecular flexibility index (Phi) is 4.33. The average molecular weight is 335 g/mol. The Labute approximate surface area is 146 Å². The number of ether oxygens (including phenoxy) is 1. The zero-order valence-corrected chi connectivity index (χ0v) is 14.2. The van der Waals surface area contributed by atoms with Gasteiger partial charge in [0.2, 0.25) is 0 Å². The highest BCUT2D eigenvalue weighted by atomic mass is 16.5. The quantitative estimate of drug-likeness (QED) is 0.793. The molecule has 0 aliphatic carbocycles. The third-order valence-corrected chi connectivity index (χ3v) is 4.83. The minimum Gasteiger partial charge on any atom is -0.497 e. The highest BCUT2D eigenvalue weighted by Crippen LogP contribution is 2.35. The van der Waals surface area contributed by atoms with Gasteiger partial charge in [-0.15, -0.1) is 0 Å². The molecule has 1 N–H and O–H groups in total. The van der Waals surface area contributed by atoms with Gasteiger partial charge in [-0.1, -0.05) is 12.1 Å². The molecule has 0 bridgehead atoms. The maximum atomic E-state index is 5.35. The molecule has 25 heavy (non-hydrogen) atoms. The Morgan fingerprint density at radius 1 is 1.16 bits per heavy atom. The number of H-pyrrole nitrogens is 1. The fraction of sp³-hybridized carbons (Fsp3) is 0.316. The minimum atomic E-state index is 0.469. The maximum absolute atomic E-state index is 5.35. The molecule has 6 nitrogen and oxygen atoms in total. The van der Waals surface area contributed by atoms with Crippen molar-refractivity contribution in [2.24, 2.45) is 0 Å². The Morgan fingerprint density at radius 2 is 2.04 bits per heavy atom. The number of nitrogens with one attached hydrogen (secondary N) is 1. The average Bonchev–Trinajstić information content (AvgIpc) is 3.19. The van der Waals surface area contributed by atoms with Crippen molar-refractivity contribution in [1.29, 1.82) is 0 Å². The van der Waals surface area contributed by atoms with E-state index in [4.69, 9.17) is 4.74 Å². The molecule has 0 amide bonds. The van der Waals surface area contributed by atoms with Crippen LogP contribution in [0.25, 0.3) is 11.1 Å². The van der Waals surface area contributed by atoms with Crippen LogP contribution in [0.4, 0.5) is 5.82 Å². The van der Waals surface area contributed by atoms with Gasteiger partial charge in [0.05, 0.1) is 19.5 Å². The van der Waals surface area contributed by atoms with Gasteiger partial charge in [-0.25, -0.2) is 4.98 Å². The molecule has 2 aromatic heterocycles. The van der Waals surface area contributed by atoms with Crippen molar-refractivity contribution in [3.05, 3.63) is 54.7 Å². The van der Waals surface area contributed by atoms with E-state index in [1.807, 2.05) is 24.5 Å². The number of rotatable bonds is 4. The number of benzene rings is 1. The van der Waals surface area contributed by atoms with Gasteiger partial charge in [0, 0.05) is 42.7 Å². The number of hydrogen-bond acceptors (Lipinski definition) is 5. The van der Waals surface area contributed by atoms with Gasteiger partial charge in [-0.2, -0.15) is 5.10 Å². The standard InChI is InChI=1S/C19H21N5O/c1-25-16-4-2-3-15(11-16)17-12-22-23-19(17)14-5-9-24(10-6-14)18-13-20-7-8-21-18/h2-4,7-8,11-14H,5-6,9-10H2,1H3,(H,22,23). The molecule has 1 aromatic carbocycles. The number of methoxy groups -OCH3 is 1. The second-order valence-corrected chi connectivity index (χ2v) is 6.25. The molecule has 1 aliphatic rings. The first-order valence-electron chi connectivity index (χ1n) is 8.54. The second-order valence-electron chi connectivity index (χ2n) is 6.25. The van der Waals surface area contributed by atoms with Crippen molar-refractivity contribution < 1.29 is 4.74 Å². The highest BCUT2D eigenvalue weighted by Gasteiger charge is 2.25. The summed E-state index contributed by atoms with van der Waals surface area (Å²) in [4.78, 5) is 10.9. The molecule has 1 saturated heterocycles. The van der Waals surface area contributed by atoms with E-state index in [2.05, 4.69) is 37.2 Å². The van der Waals surface area contributed by atoms with Gasteiger partial charge in [0.1, 0.15) is 11.6 Å². The van der Waals surface area contributed by atoms with Crippen molar-refractivity contribution >= 4 is 5.82 Å². The lowest BCUT2D eigenvalue weighted by atomic mass is 9.89. The van der Waals surface area contributed by atoms with E-state index < -0.39 is 0 Å². The van der Waals surface area contributed by atoms with Crippen molar-refractivity contribution in [1.82, 2.24) is 20.2 Å². The second kappa shape index (κ2) is 6.93. The van der Waals surface area contributed by atoms with Gasteiger partial charge >= 0.3 is 0 Å². The largest absolute Gasteiger partial charge is 0.497 e. The molecule has 3 heterocycles. The SMILES string of the molecule is COc1cccc(-c2cn[nH]c2C2CCN(c3cnccn3)CC2)c1. The van der Waals surface area contributed by atoms with Crippen LogP contribution in [0.15, 0.2) is 49.1 Å². The molecule has 128 valence electrons. The molecule has 0 unspecified atom stereocenters. The van der Waals surface area contributed by atoms with Crippen LogP contribution in [0.5, 0.6) is 5.75 Å². The summed E-state index contributed by atoms with van der Waals surface area (Å²) in [6, 6.07) is 8.14. The molecule has 4 rings (SSSR count). The first kappa shape index (κ1) is 15.6. The number of anilines is 1. The van der Waals surface area contributed by atoms with E-state index in [1.54, 1.807) is 19.5 Å². The van der Waals surface area contributed by atoms with Crippen LogP contribution in [0.3, 0.4) is 0 Å². The Balaban J connectivity index is 1.52. The van der Waals surface area contributed by atoms with Crippen LogP contribution in [0.1, 0.15) is 24.5 Å². The third-order valence-electron chi connectivity index (χ3n) is 4.83. The number of nitrogens with zero attached hydrogens (tertiary/aromatic N) is 4. The number of aromatic amines is 1. The summed E-state index contributed by atoms with van der Waals surface area (Å²) in [5.41, 5.74) is 3.52. The fourth-order valence-corrected chi connectivity index (χ4v) is 3.48. The van der Waals surface area contributed by atoms with E-state index >= 15 is 0 Å². The van der Waals surface area contributed by atoms with E-state index in [0.717, 1.165) is 48.6 Å². The van der Waals surface area contributed by atoms with Crippen LogP contribution in [0, 0.1) is 0 Å². The van der Waals surface area contributed by atoms with Gasteiger partial charge in [0.25, 0.3) is 0 Å². The molecule has 0 saturated carbocycles. The lowest BCUT2D eigenvalue weighted by Crippen LogP contribution is -2.33. The first-order valence-corrected chi connectivity index (χ1v) is 8.54. The van der Waals surface area contributed by atoms with Crippen molar-refractivity contribution in [2.45, 2.75) is 18.8 Å². The van der Waals surface area contributed by atoms with Gasteiger partial charge < -0.3 is 9.64 Å². The number of hydrogen-bond donors (Lipinski definition) is 1. The lowest BCUT2D eigenvalue weighted by Gasteiger charge is -2.32. The zero-order valence-electron chi connectivity index (χ0n) is 14.2. The molecular formula is C19H21N5O.